The Morgan fingerprint density at radius 2 is 1.71 bits per heavy atom. The minimum Gasteiger partial charge on any atom is -0.469 e. The van der Waals surface area contributed by atoms with E-state index in [1.807, 2.05) is 30.3 Å². The summed E-state index contributed by atoms with van der Waals surface area (Å²) in [7, 11) is 5.64. The van der Waals surface area contributed by atoms with Crippen LogP contribution < -0.4 is 0 Å². The van der Waals surface area contributed by atoms with Gasteiger partial charge in [0.25, 0.3) is 0 Å². The van der Waals surface area contributed by atoms with Crippen LogP contribution >= 0.6 is 0 Å². The number of hydrogen-bond donors (Lipinski definition) is 0. The van der Waals surface area contributed by atoms with E-state index < -0.39 is 18.0 Å². The number of carbonyl (C=O) groups excluding carboxylic acids is 3. The number of methoxy groups -OCH3 is 2. The Morgan fingerprint density at radius 3 is 2.25 bits per heavy atom. The van der Waals surface area contributed by atoms with Crippen LogP contribution in [0.1, 0.15) is 18.0 Å². The zero-order valence-electron chi connectivity index (χ0n) is 14.1. The molecule has 0 saturated heterocycles. The third kappa shape index (κ3) is 3.10. The van der Waals surface area contributed by atoms with Crippen molar-refractivity contribution in [1.82, 2.24) is 9.80 Å². The smallest absolute Gasteiger partial charge is 0.338 e. The molecular weight excluding hydrogens is 312 g/mol. The molecule has 0 unspecified atom stereocenters. The molecule has 0 aliphatic carbocycles. The van der Waals surface area contributed by atoms with Gasteiger partial charge in [0, 0.05) is 19.8 Å². The van der Waals surface area contributed by atoms with Crippen LogP contribution in [0.5, 0.6) is 0 Å². The molecule has 7 heteroatoms. The summed E-state index contributed by atoms with van der Waals surface area (Å²) in [4.78, 5) is 39.5. The lowest BCUT2D eigenvalue weighted by Gasteiger charge is -2.40. The van der Waals surface area contributed by atoms with Gasteiger partial charge in [0.1, 0.15) is 0 Å². The molecule has 7 nitrogen and oxygen atoms in total. The molecule has 1 aliphatic heterocycles. The first-order chi connectivity index (χ1) is 11.4. The van der Waals surface area contributed by atoms with Crippen LogP contribution in [0.4, 0.5) is 4.79 Å². The highest BCUT2D eigenvalue weighted by molar-refractivity contribution is 5.96. The van der Waals surface area contributed by atoms with Gasteiger partial charge in [-0.2, -0.15) is 0 Å². The van der Waals surface area contributed by atoms with Gasteiger partial charge in [0.15, 0.2) is 0 Å². The number of esters is 2. The Bertz CT molecular complexity index is 683. The largest absolute Gasteiger partial charge is 0.469 e. The van der Waals surface area contributed by atoms with Gasteiger partial charge in [0.2, 0.25) is 0 Å². The molecule has 2 amide bonds. The highest BCUT2D eigenvalue weighted by Gasteiger charge is 2.41. The van der Waals surface area contributed by atoms with E-state index in [0.717, 1.165) is 5.56 Å². The zero-order chi connectivity index (χ0) is 17.9. The van der Waals surface area contributed by atoms with E-state index in [1.165, 1.54) is 31.1 Å². The summed E-state index contributed by atoms with van der Waals surface area (Å²) in [5, 5.41) is 0. The van der Waals surface area contributed by atoms with E-state index >= 15 is 0 Å². The quantitative estimate of drug-likeness (QED) is 0.785. The molecule has 0 saturated carbocycles. The maximum Gasteiger partial charge on any atom is 0.338 e. The van der Waals surface area contributed by atoms with Crippen LogP contribution in [-0.4, -0.2) is 56.1 Å². The second-order valence-electron chi connectivity index (χ2n) is 5.37. The third-order valence-corrected chi connectivity index (χ3v) is 4.03. The molecule has 0 fully saturated rings. The fraction of sp³-hybridized carbons (Fsp3) is 0.353. The zero-order valence-corrected chi connectivity index (χ0v) is 14.1. The van der Waals surface area contributed by atoms with Gasteiger partial charge in [-0.15, -0.1) is 0 Å². The van der Waals surface area contributed by atoms with Crippen molar-refractivity contribution in [2.45, 2.75) is 12.5 Å². The normalized spacial score (nSPS) is 17.8. The van der Waals surface area contributed by atoms with Gasteiger partial charge in [-0.3, -0.25) is 9.69 Å². The van der Waals surface area contributed by atoms with E-state index in [2.05, 4.69) is 4.74 Å². The molecule has 0 N–H and O–H groups in total. The fourth-order valence-electron chi connectivity index (χ4n) is 2.78. The molecule has 1 aliphatic rings. The molecular formula is C17H20N2O5. The Balaban J connectivity index is 2.66. The van der Waals surface area contributed by atoms with Crippen molar-refractivity contribution in [3.05, 3.63) is 47.2 Å². The first kappa shape index (κ1) is 17.5. The number of likely N-dealkylation sites (N-methyl/N-ethyl adjacent to an activating group) is 1. The van der Waals surface area contributed by atoms with E-state index in [0.29, 0.717) is 0 Å². The SMILES string of the molecule is COC(=O)CC1=C(C(=O)OC)[C@@H](c2ccccc2)N(C)C(=O)N1C. The van der Waals surface area contributed by atoms with E-state index in [4.69, 9.17) is 4.74 Å². The summed E-state index contributed by atoms with van der Waals surface area (Å²) in [5.41, 5.74) is 1.29. The second kappa shape index (κ2) is 7.16. The van der Waals surface area contributed by atoms with Gasteiger partial charge in [0.05, 0.1) is 32.3 Å². The molecule has 0 radical (unpaired) electrons. The molecule has 0 aromatic heterocycles. The van der Waals surface area contributed by atoms with Crippen molar-refractivity contribution >= 4 is 18.0 Å². The Morgan fingerprint density at radius 1 is 1.08 bits per heavy atom. The minimum atomic E-state index is -0.637. The number of hydrogen-bond acceptors (Lipinski definition) is 5. The maximum atomic E-state index is 12.6. The number of ether oxygens (including phenoxy) is 2. The van der Waals surface area contributed by atoms with Gasteiger partial charge < -0.3 is 14.4 Å². The fourth-order valence-corrected chi connectivity index (χ4v) is 2.78. The van der Waals surface area contributed by atoms with Gasteiger partial charge in [-0.05, 0) is 5.56 Å². The van der Waals surface area contributed by atoms with Crippen molar-refractivity contribution in [3.8, 4) is 0 Å². The number of amides is 2. The molecule has 0 spiro atoms. The van der Waals surface area contributed by atoms with Gasteiger partial charge in [-0.1, -0.05) is 30.3 Å². The van der Waals surface area contributed by atoms with Gasteiger partial charge in [-0.25, -0.2) is 9.59 Å². The Hall–Kier alpha value is -2.83. The molecule has 1 aromatic rings. The first-order valence-electron chi connectivity index (χ1n) is 7.36. The van der Waals surface area contributed by atoms with Crippen molar-refractivity contribution in [3.63, 3.8) is 0 Å². The third-order valence-electron chi connectivity index (χ3n) is 4.03. The maximum absolute atomic E-state index is 12.6. The van der Waals surface area contributed by atoms with Crippen molar-refractivity contribution in [2.75, 3.05) is 28.3 Å². The highest BCUT2D eigenvalue weighted by Crippen LogP contribution is 2.37. The van der Waals surface area contributed by atoms with Crippen molar-refractivity contribution < 1.29 is 23.9 Å². The van der Waals surface area contributed by atoms with E-state index in [9.17, 15) is 14.4 Å². The van der Waals surface area contributed by atoms with Crippen LogP contribution in [0.2, 0.25) is 0 Å². The van der Waals surface area contributed by atoms with Crippen LogP contribution in [0.25, 0.3) is 0 Å². The summed E-state index contributed by atoms with van der Waals surface area (Å²) in [5.74, 6) is -1.13. The molecule has 24 heavy (non-hydrogen) atoms. The minimum absolute atomic E-state index is 0.194. The lowest BCUT2D eigenvalue weighted by Crippen LogP contribution is -2.48. The summed E-state index contributed by atoms with van der Waals surface area (Å²) in [6, 6.07) is 8.16. The molecule has 1 aromatic carbocycles. The summed E-state index contributed by atoms with van der Waals surface area (Å²) in [6.45, 7) is 0. The lowest BCUT2D eigenvalue weighted by atomic mass is 9.92. The molecule has 1 atom stereocenters. The second-order valence-corrected chi connectivity index (χ2v) is 5.37. The summed E-state index contributed by atoms with van der Waals surface area (Å²) in [6.07, 6.45) is -0.194. The Kier molecular flexibility index (Phi) is 5.23. The molecule has 1 heterocycles. The van der Waals surface area contributed by atoms with Crippen LogP contribution in [0.15, 0.2) is 41.6 Å². The van der Waals surface area contributed by atoms with Crippen LogP contribution in [-0.2, 0) is 19.1 Å². The molecule has 128 valence electrons. The average molecular weight is 332 g/mol. The van der Waals surface area contributed by atoms with E-state index in [-0.39, 0.29) is 23.7 Å². The van der Waals surface area contributed by atoms with Crippen LogP contribution in [0, 0.1) is 0 Å². The number of carbonyl (C=O) groups is 3. The van der Waals surface area contributed by atoms with E-state index in [1.54, 1.807) is 7.05 Å². The monoisotopic (exact) mass is 332 g/mol. The lowest BCUT2D eigenvalue weighted by molar-refractivity contribution is -0.140. The predicted octanol–water partition coefficient (Wildman–Crippen LogP) is 1.72. The number of benzene rings is 1. The van der Waals surface area contributed by atoms with Gasteiger partial charge >= 0.3 is 18.0 Å². The Labute approximate surface area is 140 Å². The number of rotatable bonds is 4. The predicted molar refractivity (Wildman–Crippen MR) is 85.8 cm³/mol. The standard InChI is InChI=1S/C17H20N2O5/c1-18-12(10-13(20)23-3)14(16(21)24-4)15(19(2)17(18)22)11-8-6-5-7-9-11/h5-9,15H,10H2,1-4H3/t15-/m1/s1. The topological polar surface area (TPSA) is 76.2 Å². The van der Waals surface area contributed by atoms with Crippen molar-refractivity contribution in [2.24, 2.45) is 0 Å². The van der Waals surface area contributed by atoms with Crippen molar-refractivity contribution in [1.29, 1.82) is 0 Å². The summed E-state index contributed by atoms with van der Waals surface area (Å²) >= 11 is 0. The van der Waals surface area contributed by atoms with Crippen LogP contribution in [0.3, 0.4) is 0 Å². The number of urea groups is 1. The molecule has 0 bridgehead atoms. The number of nitrogens with zero attached hydrogens (tertiary/aromatic N) is 2. The molecule has 2 rings (SSSR count). The first-order valence-corrected chi connectivity index (χ1v) is 7.36. The summed E-state index contributed by atoms with van der Waals surface area (Å²) < 4.78 is 9.59. The highest BCUT2D eigenvalue weighted by atomic mass is 16.5. The average Bonchev–Trinajstić information content (AvgIpc) is 2.61.